The molecule has 2 aromatic rings. The summed E-state index contributed by atoms with van der Waals surface area (Å²) in [5.41, 5.74) is 0.828. The first kappa shape index (κ1) is 15.3. The summed E-state index contributed by atoms with van der Waals surface area (Å²) in [6.45, 7) is 1.18. The molecule has 4 nitrogen and oxygen atoms in total. The molecule has 0 aliphatic rings. The van der Waals surface area contributed by atoms with E-state index in [0.29, 0.717) is 5.52 Å². The van der Waals surface area contributed by atoms with Crippen LogP contribution in [0, 0.1) is 0 Å². The molecular weight excluding hydrogens is 460 g/mol. The number of carbonyl (C=O) groups excluding carboxylic acids is 2. The smallest absolute Gasteiger partial charge is 0.364 e. The van der Waals surface area contributed by atoms with E-state index < -0.39 is 11.9 Å². The second-order valence-corrected chi connectivity index (χ2v) is 3.27. The van der Waals surface area contributed by atoms with Crippen molar-refractivity contribution in [2.45, 2.75) is 6.92 Å². The van der Waals surface area contributed by atoms with E-state index >= 15 is 0 Å². The molecule has 1 aromatic heterocycles. The molecule has 1 aromatic carbocycles. The lowest BCUT2D eigenvalue weighted by molar-refractivity contribution is -0.135. The van der Waals surface area contributed by atoms with Crippen LogP contribution in [0.3, 0.4) is 0 Å². The lowest BCUT2D eigenvalue weighted by atomic mass is 10.2. The number of aromatic nitrogens is 1. The molecular formula is C12H9I2NO3. The van der Waals surface area contributed by atoms with Crippen LogP contribution < -0.4 is 0 Å². The molecule has 0 atom stereocenters. The van der Waals surface area contributed by atoms with E-state index in [4.69, 9.17) is 0 Å². The second kappa shape index (κ2) is 7.62. The quantitative estimate of drug-likeness (QED) is 0.363. The minimum Gasteiger partial charge on any atom is -0.388 e. The summed E-state index contributed by atoms with van der Waals surface area (Å²) in [5.74, 6) is -1.36. The van der Waals surface area contributed by atoms with Crippen LogP contribution in [0.4, 0.5) is 0 Å². The van der Waals surface area contributed by atoms with Gasteiger partial charge in [0.05, 0.1) is 5.52 Å². The maximum absolute atomic E-state index is 11.4. The predicted molar refractivity (Wildman–Crippen MR) is 85.9 cm³/mol. The highest BCUT2D eigenvalue weighted by molar-refractivity contribution is 15.0. The molecule has 0 spiro atoms. The van der Waals surface area contributed by atoms with E-state index in [2.05, 4.69) is 47.0 Å². The molecule has 0 saturated carbocycles. The van der Waals surface area contributed by atoms with Gasteiger partial charge in [0.1, 0.15) is 5.69 Å². The van der Waals surface area contributed by atoms with Gasteiger partial charge >= 0.3 is 11.9 Å². The molecule has 2 rings (SSSR count). The third kappa shape index (κ3) is 4.16. The van der Waals surface area contributed by atoms with Crippen molar-refractivity contribution >= 4 is 60.1 Å². The van der Waals surface area contributed by atoms with Gasteiger partial charge in [0.2, 0.25) is 0 Å². The molecule has 94 valence electrons. The van der Waals surface area contributed by atoms with Gasteiger partial charge in [-0.1, -0.05) is 24.3 Å². The van der Waals surface area contributed by atoms with Gasteiger partial charge < -0.3 is 4.74 Å². The monoisotopic (exact) mass is 469 g/mol. The average molecular weight is 469 g/mol. The molecule has 0 unspecified atom stereocenters. The summed E-state index contributed by atoms with van der Waals surface area (Å²) in [5, 5.41) is 0.932. The van der Waals surface area contributed by atoms with Crippen molar-refractivity contribution in [2.24, 2.45) is 0 Å². The van der Waals surface area contributed by atoms with E-state index in [9.17, 15) is 9.59 Å². The number of carbonyl (C=O) groups is 2. The van der Waals surface area contributed by atoms with Gasteiger partial charge in [-0.25, -0.2) is 9.78 Å². The highest BCUT2D eigenvalue weighted by atomic mass is 128. The zero-order valence-corrected chi connectivity index (χ0v) is 13.7. The van der Waals surface area contributed by atoms with E-state index in [1.807, 2.05) is 18.2 Å². The van der Waals surface area contributed by atoms with Crippen molar-refractivity contribution in [3.05, 3.63) is 42.1 Å². The number of ether oxygens (including phenoxy) is 1. The molecule has 0 N–H and O–H groups in total. The van der Waals surface area contributed by atoms with Crippen LogP contribution >= 0.6 is 37.2 Å². The number of nitrogens with zero attached hydrogens (tertiary/aromatic N) is 1. The molecule has 6 heteroatoms. The van der Waals surface area contributed by atoms with E-state index in [-0.39, 0.29) is 5.69 Å². The van der Waals surface area contributed by atoms with Crippen molar-refractivity contribution in [1.29, 1.82) is 0 Å². The molecule has 0 aliphatic carbocycles. The van der Waals surface area contributed by atoms with Crippen LogP contribution in [0.15, 0.2) is 36.4 Å². The fraction of sp³-hybridized carbons (Fsp3) is 0.0833. The molecule has 0 radical (unpaired) electrons. The Labute approximate surface area is 127 Å². The fourth-order valence-corrected chi connectivity index (χ4v) is 1.36. The molecule has 0 bridgehead atoms. The fourth-order valence-electron chi connectivity index (χ4n) is 1.36. The number of rotatable bonds is 1. The lowest BCUT2D eigenvalue weighted by Gasteiger charge is -2.01. The topological polar surface area (TPSA) is 56.3 Å². The minimum atomic E-state index is -0.724. The summed E-state index contributed by atoms with van der Waals surface area (Å²) < 4.78 is 4.44. The third-order valence-electron chi connectivity index (χ3n) is 2.04. The van der Waals surface area contributed by atoms with Gasteiger partial charge in [-0.05, 0) is 12.1 Å². The number of benzene rings is 1. The van der Waals surface area contributed by atoms with Gasteiger partial charge in [0.25, 0.3) is 0 Å². The third-order valence-corrected chi connectivity index (χ3v) is 2.04. The van der Waals surface area contributed by atoms with Crippen LogP contribution in [0.2, 0.25) is 0 Å². The number of esters is 2. The summed E-state index contributed by atoms with van der Waals surface area (Å²) in [7, 11) is 0. The number of hydrogen-bond acceptors (Lipinski definition) is 4. The Hall–Kier alpha value is -0.770. The first-order valence-corrected chi connectivity index (χ1v) is 11.2. The zero-order chi connectivity index (χ0) is 13.5. The van der Waals surface area contributed by atoms with Crippen molar-refractivity contribution in [1.82, 2.24) is 4.98 Å². The van der Waals surface area contributed by atoms with Gasteiger partial charge in [-0.2, -0.15) is 0 Å². The summed E-state index contributed by atoms with van der Waals surface area (Å²) in [6, 6.07) is 10.7. The standard InChI is InChI=1S/C12H9NO3.I2/c1-8(14)16-12(15)11-7-6-9-4-2-3-5-10(9)13-11;1-2/h2-7H,1H3;. The molecule has 1 heterocycles. The highest BCUT2D eigenvalue weighted by Gasteiger charge is 2.11. The van der Waals surface area contributed by atoms with Crippen molar-refractivity contribution in [3.63, 3.8) is 0 Å². The highest BCUT2D eigenvalue weighted by Crippen LogP contribution is 2.12. The largest absolute Gasteiger partial charge is 0.388 e. The SMILES string of the molecule is CC(=O)OC(=O)c1ccc2ccccc2n1.II. The van der Waals surface area contributed by atoms with E-state index in [0.717, 1.165) is 5.39 Å². The van der Waals surface area contributed by atoms with Crippen LogP contribution in [-0.4, -0.2) is 16.9 Å². The van der Waals surface area contributed by atoms with Gasteiger partial charge in [-0.3, -0.25) is 4.79 Å². The number of para-hydroxylation sites is 1. The summed E-state index contributed by atoms with van der Waals surface area (Å²) >= 11 is 4.24. The number of fused-ring (bicyclic) bond motifs is 1. The van der Waals surface area contributed by atoms with Gasteiger partial charge in [0.15, 0.2) is 0 Å². The lowest BCUT2D eigenvalue weighted by Crippen LogP contribution is -2.10. The Morgan fingerprint density at radius 3 is 2.44 bits per heavy atom. The number of hydrogen-bond donors (Lipinski definition) is 0. The Bertz CT molecular complexity index is 572. The Balaban J connectivity index is 0.000000771. The van der Waals surface area contributed by atoms with Crippen LogP contribution in [0.1, 0.15) is 17.4 Å². The molecule has 18 heavy (non-hydrogen) atoms. The zero-order valence-electron chi connectivity index (χ0n) is 9.39. The van der Waals surface area contributed by atoms with Crippen LogP contribution in [0.25, 0.3) is 10.9 Å². The average Bonchev–Trinajstić information content (AvgIpc) is 2.39. The predicted octanol–water partition coefficient (Wildman–Crippen LogP) is 3.71. The Kier molecular flexibility index (Phi) is 6.47. The first-order valence-electron chi connectivity index (χ1n) is 4.89. The van der Waals surface area contributed by atoms with Gasteiger partial charge in [0, 0.05) is 49.5 Å². The summed E-state index contributed by atoms with van der Waals surface area (Å²) in [6.07, 6.45) is 0. The van der Waals surface area contributed by atoms with Crippen molar-refractivity contribution in [2.75, 3.05) is 0 Å². The van der Waals surface area contributed by atoms with Crippen LogP contribution in [-0.2, 0) is 9.53 Å². The molecule has 0 amide bonds. The molecule has 0 saturated heterocycles. The minimum absolute atomic E-state index is 0.133. The molecule has 0 fully saturated rings. The Morgan fingerprint density at radius 2 is 1.78 bits per heavy atom. The first-order chi connectivity index (χ1) is 8.66. The van der Waals surface area contributed by atoms with Crippen LogP contribution in [0.5, 0.6) is 0 Å². The normalized spacial score (nSPS) is 9.28. The molecule has 0 aliphatic heterocycles. The maximum atomic E-state index is 11.4. The number of pyridine rings is 1. The van der Waals surface area contributed by atoms with E-state index in [1.54, 1.807) is 12.1 Å². The van der Waals surface area contributed by atoms with Crippen molar-refractivity contribution < 1.29 is 14.3 Å². The van der Waals surface area contributed by atoms with Gasteiger partial charge in [-0.15, -0.1) is 0 Å². The number of halogens is 2. The second-order valence-electron chi connectivity index (χ2n) is 3.27. The summed E-state index contributed by atoms with van der Waals surface area (Å²) in [4.78, 5) is 26.1. The Morgan fingerprint density at radius 1 is 1.11 bits per heavy atom. The van der Waals surface area contributed by atoms with E-state index in [1.165, 1.54) is 13.0 Å². The van der Waals surface area contributed by atoms with Crippen molar-refractivity contribution in [3.8, 4) is 0 Å². The maximum Gasteiger partial charge on any atom is 0.364 e.